The third-order valence-corrected chi connectivity index (χ3v) is 4.23. The monoisotopic (exact) mass is 346 g/mol. The number of likely N-dealkylation sites (N-methyl/N-ethyl adjacent to an activating group) is 1. The van der Waals surface area contributed by atoms with Crippen LogP contribution in [0.2, 0.25) is 5.02 Å². The molecule has 6 heteroatoms. The minimum absolute atomic E-state index is 0.495. The van der Waals surface area contributed by atoms with E-state index in [0.717, 1.165) is 30.7 Å². The normalized spacial score (nSPS) is 19.3. The van der Waals surface area contributed by atoms with Gasteiger partial charge in [0, 0.05) is 41.2 Å². The van der Waals surface area contributed by atoms with E-state index < -0.39 is 12.0 Å². The van der Waals surface area contributed by atoms with Crippen LogP contribution >= 0.6 is 27.5 Å². The highest BCUT2D eigenvalue weighted by Crippen LogP contribution is 2.31. The predicted octanol–water partition coefficient (Wildman–Crippen LogP) is 2.48. The van der Waals surface area contributed by atoms with Crippen molar-refractivity contribution in [1.82, 2.24) is 9.80 Å². The minimum Gasteiger partial charge on any atom is -0.480 e. The van der Waals surface area contributed by atoms with Gasteiger partial charge in [0.1, 0.15) is 6.04 Å². The highest BCUT2D eigenvalue weighted by molar-refractivity contribution is 9.10. The Hall–Kier alpha value is -0.620. The molecule has 104 valence electrons. The van der Waals surface area contributed by atoms with Gasteiger partial charge in [0.25, 0.3) is 0 Å². The van der Waals surface area contributed by atoms with Crippen LogP contribution in [0.5, 0.6) is 0 Å². The molecular formula is C13H16BrClN2O2. The number of carboxylic acid groups (broad SMARTS) is 1. The van der Waals surface area contributed by atoms with E-state index in [9.17, 15) is 9.90 Å². The number of hydrogen-bond acceptors (Lipinski definition) is 3. The Morgan fingerprint density at radius 1 is 1.37 bits per heavy atom. The zero-order valence-corrected chi connectivity index (χ0v) is 13.0. The lowest BCUT2D eigenvalue weighted by Crippen LogP contribution is -2.47. The Labute approximate surface area is 126 Å². The van der Waals surface area contributed by atoms with Crippen LogP contribution in [0.15, 0.2) is 22.7 Å². The molecule has 1 N–H and O–H groups in total. The molecule has 0 aliphatic carbocycles. The van der Waals surface area contributed by atoms with Gasteiger partial charge in [-0.05, 0) is 25.2 Å². The number of aliphatic carboxylic acids is 1. The molecule has 1 unspecified atom stereocenters. The molecule has 1 heterocycles. The second-order valence-corrected chi connectivity index (χ2v) is 6.07. The van der Waals surface area contributed by atoms with Gasteiger partial charge < -0.3 is 10.0 Å². The smallest absolute Gasteiger partial charge is 0.325 e. The molecule has 1 fully saturated rings. The van der Waals surface area contributed by atoms with Crippen LogP contribution in [0.1, 0.15) is 11.6 Å². The van der Waals surface area contributed by atoms with Gasteiger partial charge in [0.15, 0.2) is 0 Å². The molecule has 4 nitrogen and oxygen atoms in total. The van der Waals surface area contributed by atoms with Crippen molar-refractivity contribution in [2.45, 2.75) is 6.04 Å². The van der Waals surface area contributed by atoms with Crippen molar-refractivity contribution < 1.29 is 9.90 Å². The summed E-state index contributed by atoms with van der Waals surface area (Å²) in [5.74, 6) is -0.857. The van der Waals surface area contributed by atoms with Crippen molar-refractivity contribution in [3.05, 3.63) is 33.3 Å². The van der Waals surface area contributed by atoms with Gasteiger partial charge in [-0.2, -0.15) is 0 Å². The number of hydrogen-bond donors (Lipinski definition) is 1. The Kier molecular flexibility index (Phi) is 4.84. The van der Waals surface area contributed by atoms with Crippen molar-refractivity contribution in [1.29, 1.82) is 0 Å². The summed E-state index contributed by atoms with van der Waals surface area (Å²) in [6, 6.07) is 4.65. The maximum absolute atomic E-state index is 11.6. The van der Waals surface area contributed by atoms with Gasteiger partial charge in [0.05, 0.1) is 0 Å². The topological polar surface area (TPSA) is 43.8 Å². The van der Waals surface area contributed by atoms with Crippen molar-refractivity contribution in [2.75, 3.05) is 33.2 Å². The zero-order chi connectivity index (χ0) is 14.0. The summed E-state index contributed by atoms with van der Waals surface area (Å²) >= 11 is 9.53. The molecule has 0 amide bonds. The fourth-order valence-corrected chi connectivity index (χ4v) is 2.89. The van der Waals surface area contributed by atoms with Gasteiger partial charge in [-0.25, -0.2) is 0 Å². The Bertz CT molecular complexity index is 476. The molecule has 0 aromatic heterocycles. The van der Waals surface area contributed by atoms with E-state index >= 15 is 0 Å². The van der Waals surface area contributed by atoms with E-state index in [0.29, 0.717) is 10.6 Å². The lowest BCUT2D eigenvalue weighted by atomic mass is 10.0. The van der Waals surface area contributed by atoms with E-state index in [1.807, 2.05) is 18.0 Å². The fourth-order valence-electron chi connectivity index (χ4n) is 2.29. The maximum atomic E-state index is 11.6. The van der Waals surface area contributed by atoms with Gasteiger partial charge >= 0.3 is 5.97 Å². The lowest BCUT2D eigenvalue weighted by molar-refractivity contribution is -0.144. The van der Waals surface area contributed by atoms with E-state index in [4.69, 9.17) is 11.6 Å². The number of benzene rings is 1. The summed E-state index contributed by atoms with van der Waals surface area (Å²) in [6.07, 6.45) is 0. The number of nitrogens with zero attached hydrogens (tertiary/aromatic N) is 2. The second kappa shape index (κ2) is 6.22. The third kappa shape index (κ3) is 3.48. The maximum Gasteiger partial charge on any atom is 0.325 e. The van der Waals surface area contributed by atoms with Gasteiger partial charge in [0.2, 0.25) is 0 Å². The number of rotatable bonds is 3. The van der Waals surface area contributed by atoms with Gasteiger partial charge in [-0.3, -0.25) is 9.69 Å². The minimum atomic E-state index is -0.857. The van der Waals surface area contributed by atoms with Crippen LogP contribution < -0.4 is 0 Å². The van der Waals surface area contributed by atoms with Crippen molar-refractivity contribution in [3.63, 3.8) is 0 Å². The molecule has 0 spiro atoms. The summed E-state index contributed by atoms with van der Waals surface area (Å²) in [7, 11) is 2.04. The standard InChI is InChI=1S/C13H16BrClN2O2/c1-16-4-6-17(7-5-16)12(13(18)19)10-8-9(14)2-3-11(10)15/h2-3,8,12H,4-7H2,1H3,(H,18,19). The largest absolute Gasteiger partial charge is 0.480 e. The first-order chi connectivity index (χ1) is 8.99. The Balaban J connectivity index is 2.30. The van der Waals surface area contributed by atoms with E-state index in [1.165, 1.54) is 0 Å². The van der Waals surface area contributed by atoms with E-state index in [1.54, 1.807) is 12.1 Å². The van der Waals surface area contributed by atoms with Gasteiger partial charge in [-0.15, -0.1) is 0 Å². The Morgan fingerprint density at radius 3 is 2.58 bits per heavy atom. The molecular weight excluding hydrogens is 332 g/mol. The Morgan fingerprint density at radius 2 is 2.00 bits per heavy atom. The van der Waals surface area contributed by atoms with Crippen LogP contribution in [0.4, 0.5) is 0 Å². The molecule has 0 saturated carbocycles. The molecule has 1 aromatic rings. The van der Waals surface area contributed by atoms with Crippen LogP contribution in [-0.2, 0) is 4.79 Å². The van der Waals surface area contributed by atoms with Crippen LogP contribution in [0.25, 0.3) is 0 Å². The molecule has 0 bridgehead atoms. The van der Waals surface area contributed by atoms with Crippen molar-refractivity contribution in [2.24, 2.45) is 0 Å². The summed E-state index contributed by atoms with van der Waals surface area (Å²) in [4.78, 5) is 15.8. The second-order valence-electron chi connectivity index (χ2n) is 4.75. The van der Waals surface area contributed by atoms with Crippen molar-refractivity contribution >= 4 is 33.5 Å². The number of carboxylic acids is 1. The molecule has 1 aliphatic heterocycles. The number of piperazine rings is 1. The first-order valence-electron chi connectivity index (χ1n) is 6.09. The summed E-state index contributed by atoms with van der Waals surface area (Å²) in [5.41, 5.74) is 0.646. The van der Waals surface area contributed by atoms with E-state index in [-0.39, 0.29) is 0 Å². The molecule has 0 radical (unpaired) electrons. The molecule has 2 rings (SSSR count). The van der Waals surface area contributed by atoms with Crippen LogP contribution in [-0.4, -0.2) is 54.1 Å². The summed E-state index contributed by atoms with van der Waals surface area (Å²) in [5, 5.41) is 10.0. The fraction of sp³-hybridized carbons (Fsp3) is 0.462. The SMILES string of the molecule is CN1CCN(C(C(=O)O)c2cc(Br)ccc2Cl)CC1. The molecule has 1 atom stereocenters. The number of carbonyl (C=O) groups is 1. The average Bonchev–Trinajstić information content (AvgIpc) is 2.36. The molecule has 1 aliphatic rings. The highest BCUT2D eigenvalue weighted by Gasteiger charge is 2.31. The average molecular weight is 348 g/mol. The first kappa shape index (κ1) is 14.8. The predicted molar refractivity (Wildman–Crippen MR) is 78.6 cm³/mol. The zero-order valence-electron chi connectivity index (χ0n) is 10.6. The van der Waals surface area contributed by atoms with Crippen molar-refractivity contribution in [3.8, 4) is 0 Å². The highest BCUT2D eigenvalue weighted by atomic mass is 79.9. The molecule has 19 heavy (non-hydrogen) atoms. The third-order valence-electron chi connectivity index (χ3n) is 3.39. The lowest BCUT2D eigenvalue weighted by Gasteiger charge is -2.36. The molecule has 1 aromatic carbocycles. The quantitative estimate of drug-likeness (QED) is 0.912. The summed E-state index contributed by atoms with van der Waals surface area (Å²) in [6.45, 7) is 3.21. The van der Waals surface area contributed by atoms with Crippen LogP contribution in [0, 0.1) is 0 Å². The number of halogens is 2. The van der Waals surface area contributed by atoms with E-state index in [2.05, 4.69) is 20.8 Å². The van der Waals surface area contributed by atoms with Gasteiger partial charge in [-0.1, -0.05) is 27.5 Å². The first-order valence-corrected chi connectivity index (χ1v) is 7.26. The molecule has 1 saturated heterocycles. The van der Waals surface area contributed by atoms with Crippen LogP contribution in [0.3, 0.4) is 0 Å². The summed E-state index contributed by atoms with van der Waals surface area (Å²) < 4.78 is 0.840.